The van der Waals surface area contributed by atoms with E-state index in [2.05, 4.69) is 29.8 Å². The lowest BCUT2D eigenvalue weighted by atomic mass is 9.91. The van der Waals surface area contributed by atoms with Crippen LogP contribution in [0.4, 0.5) is 0 Å². The zero-order chi connectivity index (χ0) is 11.3. The molecule has 0 unspecified atom stereocenters. The van der Waals surface area contributed by atoms with Gasteiger partial charge in [0.2, 0.25) is 0 Å². The fraction of sp³-hybridized carbons (Fsp3) is 0.583. The van der Waals surface area contributed by atoms with Gasteiger partial charge in [0.1, 0.15) is 0 Å². The fourth-order valence-electron chi connectivity index (χ4n) is 1.24. The molecule has 0 saturated carbocycles. The summed E-state index contributed by atoms with van der Waals surface area (Å²) >= 11 is 1.79. The van der Waals surface area contributed by atoms with Gasteiger partial charge in [-0.2, -0.15) is 5.26 Å². The van der Waals surface area contributed by atoms with Gasteiger partial charge in [0.15, 0.2) is 0 Å². The molecule has 0 spiro atoms. The molecule has 1 N–H and O–H groups in total. The van der Waals surface area contributed by atoms with Crippen molar-refractivity contribution < 1.29 is 0 Å². The fourth-order valence-corrected chi connectivity index (χ4v) is 2.12. The minimum absolute atomic E-state index is 0.211. The average Bonchev–Trinajstić information content (AvgIpc) is 2.59. The summed E-state index contributed by atoms with van der Waals surface area (Å²) in [7, 11) is 0. The van der Waals surface area contributed by atoms with E-state index in [0.717, 1.165) is 19.5 Å². The van der Waals surface area contributed by atoms with Crippen molar-refractivity contribution >= 4 is 11.3 Å². The lowest BCUT2D eigenvalue weighted by Crippen LogP contribution is -2.20. The molecule has 1 aromatic heterocycles. The Balaban J connectivity index is 2.24. The summed E-state index contributed by atoms with van der Waals surface area (Å²) in [5, 5.41) is 14.3. The first-order chi connectivity index (χ1) is 7.05. The largest absolute Gasteiger partial charge is 0.312 e. The zero-order valence-electron chi connectivity index (χ0n) is 9.63. The summed E-state index contributed by atoms with van der Waals surface area (Å²) in [6.45, 7) is 7.91. The van der Waals surface area contributed by atoms with Crippen molar-refractivity contribution in [2.75, 3.05) is 6.54 Å². The first-order valence-electron chi connectivity index (χ1n) is 5.20. The summed E-state index contributed by atoms with van der Waals surface area (Å²) in [5.41, 5.74) is 1.14. The number of aryl methyl sites for hydroxylation is 1. The molecule has 0 saturated heterocycles. The Morgan fingerprint density at radius 3 is 2.80 bits per heavy atom. The third kappa shape index (κ3) is 4.03. The molecule has 1 heterocycles. The van der Waals surface area contributed by atoms with Gasteiger partial charge in [-0.1, -0.05) is 0 Å². The number of rotatable bonds is 5. The maximum absolute atomic E-state index is 8.85. The minimum Gasteiger partial charge on any atom is -0.312 e. The zero-order valence-corrected chi connectivity index (χ0v) is 10.4. The van der Waals surface area contributed by atoms with Gasteiger partial charge in [-0.25, -0.2) is 0 Å². The Bertz CT molecular complexity index is 347. The van der Waals surface area contributed by atoms with E-state index in [4.69, 9.17) is 5.26 Å². The SMILES string of the molecule is Cc1ccsc1CNCCC(C)(C)C#N. The number of hydrogen-bond acceptors (Lipinski definition) is 3. The minimum atomic E-state index is -0.211. The smallest absolute Gasteiger partial charge is 0.0684 e. The molecular formula is C12H18N2S. The maximum atomic E-state index is 8.85. The molecular weight excluding hydrogens is 204 g/mol. The van der Waals surface area contributed by atoms with Crippen molar-refractivity contribution in [1.29, 1.82) is 5.26 Å². The lowest BCUT2D eigenvalue weighted by Gasteiger charge is -2.14. The van der Waals surface area contributed by atoms with Crippen LogP contribution < -0.4 is 5.32 Å². The normalized spacial score (nSPS) is 11.3. The van der Waals surface area contributed by atoms with E-state index < -0.39 is 0 Å². The third-order valence-corrected chi connectivity index (χ3v) is 3.51. The van der Waals surface area contributed by atoms with Crippen LogP contribution in [0.5, 0.6) is 0 Å². The highest BCUT2D eigenvalue weighted by Gasteiger charge is 2.15. The summed E-state index contributed by atoms with van der Waals surface area (Å²) in [4.78, 5) is 1.39. The molecule has 0 bridgehead atoms. The Morgan fingerprint density at radius 1 is 1.53 bits per heavy atom. The van der Waals surface area contributed by atoms with Crippen LogP contribution in [0.25, 0.3) is 0 Å². The Kier molecular flexibility index (Phi) is 4.31. The number of thiophene rings is 1. The molecule has 0 aliphatic carbocycles. The van der Waals surface area contributed by atoms with E-state index in [1.54, 1.807) is 11.3 Å². The monoisotopic (exact) mass is 222 g/mol. The van der Waals surface area contributed by atoms with Crippen LogP contribution in [0, 0.1) is 23.7 Å². The number of nitriles is 1. The first kappa shape index (κ1) is 12.2. The van der Waals surface area contributed by atoms with Crippen LogP contribution in [0.1, 0.15) is 30.7 Å². The van der Waals surface area contributed by atoms with Gasteiger partial charge in [-0.15, -0.1) is 11.3 Å². The Hall–Kier alpha value is -0.850. The van der Waals surface area contributed by atoms with Gasteiger partial charge < -0.3 is 5.32 Å². The van der Waals surface area contributed by atoms with Gasteiger partial charge in [0.05, 0.1) is 11.5 Å². The van der Waals surface area contributed by atoms with Gasteiger partial charge in [-0.3, -0.25) is 0 Å². The van der Waals surface area contributed by atoms with Gasteiger partial charge in [0, 0.05) is 11.4 Å². The van der Waals surface area contributed by atoms with Crippen LogP contribution >= 0.6 is 11.3 Å². The quantitative estimate of drug-likeness (QED) is 0.777. The molecule has 0 fully saturated rings. The first-order valence-corrected chi connectivity index (χ1v) is 6.08. The van der Waals surface area contributed by atoms with Crippen molar-refractivity contribution in [1.82, 2.24) is 5.32 Å². The second-order valence-electron chi connectivity index (χ2n) is 4.45. The molecule has 1 aromatic rings. The van der Waals surface area contributed by atoms with Crippen molar-refractivity contribution in [3.8, 4) is 6.07 Å². The van der Waals surface area contributed by atoms with Crippen LogP contribution in [-0.4, -0.2) is 6.54 Å². The molecule has 15 heavy (non-hydrogen) atoms. The standard InChI is InChI=1S/C12H18N2S/c1-10-4-7-15-11(10)8-14-6-5-12(2,3)9-13/h4,7,14H,5-6,8H2,1-3H3. The molecule has 0 atom stereocenters. The molecule has 0 aliphatic heterocycles. The summed E-state index contributed by atoms with van der Waals surface area (Å²) < 4.78 is 0. The van der Waals surface area contributed by atoms with Crippen molar-refractivity contribution in [3.05, 3.63) is 21.9 Å². The highest BCUT2D eigenvalue weighted by molar-refractivity contribution is 7.10. The molecule has 0 radical (unpaired) electrons. The molecule has 3 heteroatoms. The van der Waals surface area contributed by atoms with E-state index in [1.165, 1.54) is 10.4 Å². The van der Waals surface area contributed by atoms with Gasteiger partial charge >= 0.3 is 0 Å². The number of nitrogens with zero attached hydrogens (tertiary/aromatic N) is 1. The predicted octanol–water partition coefficient (Wildman–Crippen LogP) is 3.09. The topological polar surface area (TPSA) is 35.8 Å². The second-order valence-corrected chi connectivity index (χ2v) is 5.45. The summed E-state index contributed by atoms with van der Waals surface area (Å²) in [6.07, 6.45) is 0.897. The third-order valence-electron chi connectivity index (χ3n) is 2.48. The molecule has 0 aromatic carbocycles. The van der Waals surface area contributed by atoms with E-state index >= 15 is 0 Å². The number of nitrogens with one attached hydrogen (secondary N) is 1. The molecule has 0 aliphatic rings. The molecule has 2 nitrogen and oxygen atoms in total. The van der Waals surface area contributed by atoms with Crippen LogP contribution in [-0.2, 0) is 6.54 Å². The maximum Gasteiger partial charge on any atom is 0.0684 e. The second kappa shape index (κ2) is 5.29. The highest BCUT2D eigenvalue weighted by atomic mass is 32.1. The summed E-state index contributed by atoms with van der Waals surface area (Å²) in [5.74, 6) is 0. The molecule has 82 valence electrons. The Labute approximate surface area is 95.9 Å². The van der Waals surface area contributed by atoms with E-state index in [9.17, 15) is 0 Å². The average molecular weight is 222 g/mol. The Morgan fingerprint density at radius 2 is 2.27 bits per heavy atom. The van der Waals surface area contributed by atoms with Crippen LogP contribution in [0.15, 0.2) is 11.4 Å². The lowest BCUT2D eigenvalue weighted by molar-refractivity contribution is 0.433. The van der Waals surface area contributed by atoms with E-state index in [1.807, 2.05) is 13.8 Å². The van der Waals surface area contributed by atoms with Crippen molar-refractivity contribution in [2.24, 2.45) is 5.41 Å². The molecule has 1 rings (SSSR count). The number of hydrogen-bond donors (Lipinski definition) is 1. The van der Waals surface area contributed by atoms with Crippen LogP contribution in [0.2, 0.25) is 0 Å². The molecule has 0 amide bonds. The van der Waals surface area contributed by atoms with Crippen LogP contribution in [0.3, 0.4) is 0 Å². The van der Waals surface area contributed by atoms with Crippen molar-refractivity contribution in [2.45, 2.75) is 33.7 Å². The summed E-state index contributed by atoms with van der Waals surface area (Å²) in [6, 6.07) is 4.45. The van der Waals surface area contributed by atoms with Crippen molar-refractivity contribution in [3.63, 3.8) is 0 Å². The van der Waals surface area contributed by atoms with E-state index in [0.29, 0.717) is 0 Å². The van der Waals surface area contributed by atoms with Gasteiger partial charge in [-0.05, 0) is 50.7 Å². The predicted molar refractivity (Wildman–Crippen MR) is 64.8 cm³/mol. The van der Waals surface area contributed by atoms with Gasteiger partial charge in [0.25, 0.3) is 0 Å². The van der Waals surface area contributed by atoms with E-state index in [-0.39, 0.29) is 5.41 Å². The highest BCUT2D eigenvalue weighted by Crippen LogP contribution is 2.18.